The normalized spacial score (nSPS) is 12.7. The molecule has 0 aliphatic carbocycles. The molecule has 1 aliphatic heterocycles. The number of carbonyl (C=O) groups is 1. The number of nitrogens with zero attached hydrogens (tertiary/aromatic N) is 2. The van der Waals surface area contributed by atoms with Gasteiger partial charge in [0.25, 0.3) is 5.91 Å². The fourth-order valence-corrected chi connectivity index (χ4v) is 3.48. The van der Waals surface area contributed by atoms with E-state index < -0.39 is 0 Å². The quantitative estimate of drug-likeness (QED) is 0.552. The average Bonchev–Trinajstić information content (AvgIpc) is 2.78. The van der Waals surface area contributed by atoms with Gasteiger partial charge < -0.3 is 28.7 Å². The van der Waals surface area contributed by atoms with E-state index in [1.807, 2.05) is 12.1 Å². The van der Waals surface area contributed by atoms with Crippen molar-refractivity contribution in [3.63, 3.8) is 0 Å². The largest absolute Gasteiger partial charge is 0.497 e. The molecule has 0 N–H and O–H groups in total. The second kappa shape index (κ2) is 11.7. The summed E-state index contributed by atoms with van der Waals surface area (Å²) in [6, 6.07) is 11.5. The van der Waals surface area contributed by atoms with Gasteiger partial charge in [-0.05, 0) is 44.1 Å². The molecule has 0 saturated carbocycles. The Hall–Kier alpha value is -2.64. The molecule has 2 aromatic carbocycles. The standard InChI is InChI=1S/C23H30N2O5.ClH/c1-24(12-9-17-7-5-8-18(13-17)27-2)10-6-11-25-16-30-20-15-22(29-4)21(28-3)14-19(20)23(25)26;/h5,7-8,13-15H,6,9-12,16H2,1-4H3;1H. The number of methoxy groups -OCH3 is 3. The third-order valence-corrected chi connectivity index (χ3v) is 5.26. The van der Waals surface area contributed by atoms with Gasteiger partial charge in [0.15, 0.2) is 18.2 Å². The van der Waals surface area contributed by atoms with Gasteiger partial charge in [-0.25, -0.2) is 0 Å². The molecule has 1 amide bonds. The summed E-state index contributed by atoms with van der Waals surface area (Å²) in [6.45, 7) is 2.72. The molecule has 3 rings (SSSR count). The number of ether oxygens (including phenoxy) is 4. The highest BCUT2D eigenvalue weighted by Crippen LogP contribution is 2.37. The second-order valence-corrected chi connectivity index (χ2v) is 7.30. The van der Waals surface area contributed by atoms with Crippen molar-refractivity contribution in [1.82, 2.24) is 9.80 Å². The number of rotatable bonds is 10. The van der Waals surface area contributed by atoms with Crippen LogP contribution < -0.4 is 18.9 Å². The first-order valence-electron chi connectivity index (χ1n) is 10.0. The van der Waals surface area contributed by atoms with E-state index in [0.29, 0.717) is 29.4 Å². The lowest BCUT2D eigenvalue weighted by Crippen LogP contribution is -2.40. The lowest BCUT2D eigenvalue weighted by atomic mass is 10.1. The number of hydrogen-bond donors (Lipinski definition) is 0. The molecule has 1 heterocycles. The zero-order valence-electron chi connectivity index (χ0n) is 18.6. The summed E-state index contributed by atoms with van der Waals surface area (Å²) in [5.74, 6) is 2.44. The molecule has 0 saturated heterocycles. The van der Waals surface area contributed by atoms with E-state index >= 15 is 0 Å². The monoisotopic (exact) mass is 450 g/mol. The molecular formula is C23H31ClN2O5. The van der Waals surface area contributed by atoms with Gasteiger partial charge in [-0.15, -0.1) is 12.4 Å². The fourth-order valence-electron chi connectivity index (χ4n) is 3.48. The minimum atomic E-state index is -0.0452. The smallest absolute Gasteiger partial charge is 0.260 e. The molecule has 1 aliphatic rings. The first-order chi connectivity index (χ1) is 14.5. The van der Waals surface area contributed by atoms with Crippen molar-refractivity contribution >= 4 is 18.3 Å². The summed E-state index contributed by atoms with van der Waals surface area (Å²) in [6.07, 6.45) is 1.82. The summed E-state index contributed by atoms with van der Waals surface area (Å²) < 4.78 is 21.6. The molecule has 0 bridgehead atoms. The number of benzene rings is 2. The van der Waals surface area contributed by atoms with Gasteiger partial charge in [0.1, 0.15) is 11.5 Å². The van der Waals surface area contributed by atoms with Crippen molar-refractivity contribution < 1.29 is 23.7 Å². The first kappa shape index (κ1) is 24.6. The van der Waals surface area contributed by atoms with Crippen LogP contribution >= 0.6 is 12.4 Å². The Bertz CT molecular complexity index is 877. The predicted octanol–water partition coefficient (Wildman–Crippen LogP) is 3.49. The Balaban J connectivity index is 0.00000341. The van der Waals surface area contributed by atoms with Crippen LogP contribution in [0.25, 0.3) is 0 Å². The van der Waals surface area contributed by atoms with E-state index in [4.69, 9.17) is 18.9 Å². The lowest BCUT2D eigenvalue weighted by molar-refractivity contribution is 0.0510. The molecule has 0 aromatic heterocycles. The summed E-state index contributed by atoms with van der Waals surface area (Å²) >= 11 is 0. The van der Waals surface area contributed by atoms with Crippen molar-refractivity contribution in [1.29, 1.82) is 0 Å². The number of amides is 1. The van der Waals surface area contributed by atoms with E-state index in [2.05, 4.69) is 24.1 Å². The Labute approximate surface area is 190 Å². The topological polar surface area (TPSA) is 60.5 Å². The summed E-state index contributed by atoms with van der Waals surface area (Å²) in [5, 5.41) is 0. The minimum Gasteiger partial charge on any atom is -0.497 e. The molecule has 170 valence electrons. The Morgan fingerprint density at radius 3 is 2.48 bits per heavy atom. The van der Waals surface area contributed by atoms with Gasteiger partial charge in [-0.3, -0.25) is 4.79 Å². The maximum absolute atomic E-state index is 12.9. The van der Waals surface area contributed by atoms with Crippen molar-refractivity contribution in [2.45, 2.75) is 12.8 Å². The third kappa shape index (κ3) is 6.18. The van der Waals surface area contributed by atoms with Crippen molar-refractivity contribution in [2.75, 3.05) is 54.7 Å². The Morgan fingerprint density at radius 2 is 1.77 bits per heavy atom. The van der Waals surface area contributed by atoms with Crippen LogP contribution in [0.3, 0.4) is 0 Å². The van der Waals surface area contributed by atoms with Crippen LogP contribution in [0.4, 0.5) is 0 Å². The molecule has 0 fully saturated rings. The summed E-state index contributed by atoms with van der Waals surface area (Å²) in [4.78, 5) is 16.9. The van der Waals surface area contributed by atoms with Crippen LogP contribution in [-0.2, 0) is 6.42 Å². The predicted molar refractivity (Wildman–Crippen MR) is 122 cm³/mol. The average molecular weight is 451 g/mol. The Morgan fingerprint density at radius 1 is 1.03 bits per heavy atom. The molecule has 8 heteroatoms. The van der Waals surface area contributed by atoms with Gasteiger partial charge in [-0.2, -0.15) is 0 Å². The highest BCUT2D eigenvalue weighted by Gasteiger charge is 2.27. The van der Waals surface area contributed by atoms with Crippen LogP contribution in [0, 0.1) is 0 Å². The van der Waals surface area contributed by atoms with Crippen molar-refractivity contribution in [2.24, 2.45) is 0 Å². The number of hydrogen-bond acceptors (Lipinski definition) is 6. The maximum atomic E-state index is 12.9. The molecule has 0 spiro atoms. The van der Waals surface area contributed by atoms with Crippen LogP contribution in [0.15, 0.2) is 36.4 Å². The highest BCUT2D eigenvalue weighted by molar-refractivity contribution is 5.98. The van der Waals surface area contributed by atoms with E-state index in [1.165, 1.54) is 5.56 Å². The number of likely N-dealkylation sites (N-methyl/N-ethyl adjacent to an activating group) is 1. The van der Waals surface area contributed by atoms with E-state index in [-0.39, 0.29) is 25.0 Å². The van der Waals surface area contributed by atoms with Gasteiger partial charge in [0.05, 0.1) is 26.9 Å². The van der Waals surface area contributed by atoms with Crippen LogP contribution in [0.5, 0.6) is 23.0 Å². The fraction of sp³-hybridized carbons (Fsp3) is 0.435. The zero-order valence-corrected chi connectivity index (χ0v) is 19.4. The molecule has 0 atom stereocenters. The second-order valence-electron chi connectivity index (χ2n) is 7.30. The molecular weight excluding hydrogens is 420 g/mol. The number of halogens is 1. The van der Waals surface area contributed by atoms with Gasteiger partial charge >= 0.3 is 0 Å². The zero-order chi connectivity index (χ0) is 21.5. The van der Waals surface area contributed by atoms with Crippen LogP contribution in [-0.4, -0.2) is 70.4 Å². The van der Waals surface area contributed by atoms with Crippen LogP contribution in [0.1, 0.15) is 22.3 Å². The van der Waals surface area contributed by atoms with Crippen molar-refractivity contribution in [3.8, 4) is 23.0 Å². The summed E-state index contributed by atoms with van der Waals surface area (Å²) in [7, 11) is 6.90. The summed E-state index contributed by atoms with van der Waals surface area (Å²) in [5.41, 5.74) is 1.76. The van der Waals surface area contributed by atoms with E-state index in [0.717, 1.165) is 31.7 Å². The molecule has 0 radical (unpaired) electrons. The van der Waals surface area contributed by atoms with E-state index in [9.17, 15) is 4.79 Å². The van der Waals surface area contributed by atoms with Gasteiger partial charge in [-0.1, -0.05) is 12.1 Å². The molecule has 7 nitrogen and oxygen atoms in total. The SMILES string of the molecule is COc1cccc(CCN(C)CCCN2COc3cc(OC)c(OC)cc3C2=O)c1.Cl. The number of fused-ring (bicyclic) bond motifs is 1. The van der Waals surface area contributed by atoms with Gasteiger partial charge in [0.2, 0.25) is 0 Å². The highest BCUT2D eigenvalue weighted by atomic mass is 35.5. The third-order valence-electron chi connectivity index (χ3n) is 5.26. The maximum Gasteiger partial charge on any atom is 0.260 e. The number of carbonyl (C=O) groups excluding carboxylic acids is 1. The lowest BCUT2D eigenvalue weighted by Gasteiger charge is -2.30. The minimum absolute atomic E-state index is 0. The van der Waals surface area contributed by atoms with Crippen molar-refractivity contribution in [3.05, 3.63) is 47.5 Å². The van der Waals surface area contributed by atoms with Gasteiger partial charge in [0, 0.05) is 25.2 Å². The molecule has 31 heavy (non-hydrogen) atoms. The molecule has 0 unspecified atom stereocenters. The van der Waals surface area contributed by atoms with E-state index in [1.54, 1.807) is 38.4 Å². The molecule has 2 aromatic rings. The Kier molecular flexibility index (Phi) is 9.27. The first-order valence-corrected chi connectivity index (χ1v) is 10.0. The van der Waals surface area contributed by atoms with Crippen LogP contribution in [0.2, 0.25) is 0 Å².